The number of methoxy groups -OCH3 is 2. The summed E-state index contributed by atoms with van der Waals surface area (Å²) in [6, 6.07) is 5.04. The molecule has 5 heteroatoms. The molecule has 94 valence electrons. The summed E-state index contributed by atoms with van der Waals surface area (Å²) in [5.74, 6) is 1.13. The van der Waals surface area contributed by atoms with Crippen molar-refractivity contribution in [1.29, 1.82) is 0 Å². The molecule has 0 heterocycles. The number of hydrogen-bond acceptors (Lipinski definition) is 3. The van der Waals surface area contributed by atoms with Gasteiger partial charge >= 0.3 is 0 Å². The molecule has 0 radical (unpaired) electrons. The van der Waals surface area contributed by atoms with E-state index in [1.54, 1.807) is 18.2 Å². The van der Waals surface area contributed by atoms with Crippen LogP contribution in [0, 0.1) is 0 Å². The van der Waals surface area contributed by atoms with Gasteiger partial charge in [0.2, 0.25) is 0 Å². The van der Waals surface area contributed by atoms with Crippen LogP contribution in [0.5, 0.6) is 11.5 Å². The molecule has 2 N–H and O–H groups in total. The molecular formula is C12H15F2NO2. The average molecular weight is 243 g/mol. The van der Waals surface area contributed by atoms with Gasteiger partial charge in [0.05, 0.1) is 14.2 Å². The lowest BCUT2D eigenvalue weighted by atomic mass is 10.0. The molecule has 0 unspecified atom stereocenters. The van der Waals surface area contributed by atoms with Gasteiger partial charge in [-0.2, -0.15) is 8.78 Å². The van der Waals surface area contributed by atoms with E-state index in [1.807, 2.05) is 0 Å². The Morgan fingerprint density at radius 2 is 1.94 bits per heavy atom. The minimum absolute atomic E-state index is 0.0754. The highest BCUT2D eigenvalue weighted by molar-refractivity contribution is 5.42. The van der Waals surface area contributed by atoms with Crippen molar-refractivity contribution < 1.29 is 18.3 Å². The third-order valence-corrected chi connectivity index (χ3v) is 2.41. The second-order valence-corrected chi connectivity index (χ2v) is 3.42. The lowest BCUT2D eigenvalue weighted by molar-refractivity contribution is 0.389. The van der Waals surface area contributed by atoms with Gasteiger partial charge in [0, 0.05) is 24.6 Å². The molecule has 0 aromatic heterocycles. The molecule has 0 saturated heterocycles. The fourth-order valence-electron chi connectivity index (χ4n) is 1.44. The minimum Gasteiger partial charge on any atom is -0.497 e. The maximum atomic E-state index is 12.5. The molecule has 0 spiro atoms. The second kappa shape index (κ2) is 6.20. The Morgan fingerprint density at radius 1 is 1.24 bits per heavy atom. The maximum absolute atomic E-state index is 12.5. The first-order chi connectivity index (χ1) is 8.12. The van der Waals surface area contributed by atoms with Gasteiger partial charge in [-0.1, -0.05) is 6.07 Å². The first-order valence-corrected chi connectivity index (χ1v) is 5.06. The van der Waals surface area contributed by atoms with Crippen LogP contribution in [0.3, 0.4) is 0 Å². The Labute approximate surface area is 98.8 Å². The number of halogens is 2. The molecule has 0 fully saturated rings. The van der Waals surface area contributed by atoms with Crippen molar-refractivity contribution in [3.63, 3.8) is 0 Å². The summed E-state index contributed by atoms with van der Waals surface area (Å²) in [6.07, 6.45) is -1.66. The van der Waals surface area contributed by atoms with E-state index in [9.17, 15) is 8.78 Å². The van der Waals surface area contributed by atoms with Crippen molar-refractivity contribution in [1.82, 2.24) is 0 Å². The smallest absolute Gasteiger partial charge is 0.271 e. The summed E-state index contributed by atoms with van der Waals surface area (Å²) < 4.78 is 35.2. The van der Waals surface area contributed by atoms with E-state index >= 15 is 0 Å². The van der Waals surface area contributed by atoms with E-state index in [1.165, 1.54) is 14.2 Å². The first kappa shape index (κ1) is 13.4. The van der Waals surface area contributed by atoms with Gasteiger partial charge in [0.25, 0.3) is 6.08 Å². The molecule has 1 aromatic rings. The van der Waals surface area contributed by atoms with Crippen LogP contribution in [0.25, 0.3) is 0 Å². The highest BCUT2D eigenvalue weighted by Crippen LogP contribution is 2.27. The molecule has 1 aromatic carbocycles. The fraction of sp³-hybridized carbons (Fsp3) is 0.333. The summed E-state index contributed by atoms with van der Waals surface area (Å²) in [5, 5.41) is 0. The van der Waals surface area contributed by atoms with E-state index in [4.69, 9.17) is 15.2 Å². The molecule has 17 heavy (non-hydrogen) atoms. The van der Waals surface area contributed by atoms with Crippen LogP contribution in [0.2, 0.25) is 0 Å². The number of ether oxygens (including phenoxy) is 2. The van der Waals surface area contributed by atoms with Gasteiger partial charge in [0.1, 0.15) is 11.5 Å². The Hall–Kier alpha value is -1.62. The predicted octanol–water partition coefficient (Wildman–Crippen LogP) is 2.36. The van der Waals surface area contributed by atoms with Crippen LogP contribution in [-0.4, -0.2) is 20.8 Å². The van der Waals surface area contributed by atoms with Gasteiger partial charge in [0.15, 0.2) is 0 Å². The lowest BCUT2D eigenvalue weighted by Crippen LogP contribution is -2.07. The Balaban J connectivity index is 3.02. The zero-order chi connectivity index (χ0) is 12.8. The minimum atomic E-state index is -1.73. The monoisotopic (exact) mass is 243 g/mol. The topological polar surface area (TPSA) is 44.5 Å². The number of hydrogen-bond donors (Lipinski definition) is 1. The van der Waals surface area contributed by atoms with E-state index in [2.05, 4.69) is 0 Å². The highest BCUT2D eigenvalue weighted by atomic mass is 19.3. The molecule has 1 rings (SSSR count). The normalized spacial score (nSPS) is 9.94. The van der Waals surface area contributed by atoms with E-state index in [0.29, 0.717) is 17.1 Å². The highest BCUT2D eigenvalue weighted by Gasteiger charge is 2.10. The summed E-state index contributed by atoms with van der Waals surface area (Å²) >= 11 is 0. The van der Waals surface area contributed by atoms with Crippen LogP contribution in [0.15, 0.2) is 29.9 Å². The van der Waals surface area contributed by atoms with Crippen molar-refractivity contribution in [3.05, 3.63) is 35.4 Å². The molecule has 0 aliphatic carbocycles. The zero-order valence-corrected chi connectivity index (χ0v) is 9.80. The summed E-state index contributed by atoms with van der Waals surface area (Å²) in [7, 11) is 3.01. The fourth-order valence-corrected chi connectivity index (χ4v) is 1.44. The van der Waals surface area contributed by atoms with E-state index in [-0.39, 0.29) is 18.5 Å². The lowest BCUT2D eigenvalue weighted by Gasteiger charge is -2.11. The van der Waals surface area contributed by atoms with Crippen molar-refractivity contribution in [3.8, 4) is 11.5 Å². The molecule has 0 bridgehead atoms. The first-order valence-electron chi connectivity index (χ1n) is 5.06. The Kier molecular flexibility index (Phi) is 4.90. The Bertz CT molecular complexity index is 415. The third-order valence-electron chi connectivity index (χ3n) is 2.41. The van der Waals surface area contributed by atoms with Crippen LogP contribution in [0.1, 0.15) is 5.56 Å². The van der Waals surface area contributed by atoms with Gasteiger partial charge in [-0.25, -0.2) is 0 Å². The van der Waals surface area contributed by atoms with E-state index in [0.717, 1.165) is 0 Å². The van der Waals surface area contributed by atoms with Gasteiger partial charge in [-0.3, -0.25) is 0 Å². The van der Waals surface area contributed by atoms with Crippen LogP contribution in [-0.2, 0) is 6.42 Å². The van der Waals surface area contributed by atoms with Crippen molar-refractivity contribution in [2.75, 3.05) is 20.8 Å². The number of benzene rings is 1. The maximum Gasteiger partial charge on any atom is 0.271 e. The molecular weight excluding hydrogens is 228 g/mol. The predicted molar refractivity (Wildman–Crippen MR) is 61.5 cm³/mol. The summed E-state index contributed by atoms with van der Waals surface area (Å²) in [4.78, 5) is 0. The van der Waals surface area contributed by atoms with Crippen LogP contribution < -0.4 is 15.2 Å². The second-order valence-electron chi connectivity index (χ2n) is 3.42. The molecule has 0 saturated carbocycles. The molecule has 0 atom stereocenters. The Morgan fingerprint density at radius 3 is 2.41 bits per heavy atom. The largest absolute Gasteiger partial charge is 0.497 e. The SMILES string of the molecule is COc1ccc(CC(CN)=C(F)F)c(OC)c1. The van der Waals surface area contributed by atoms with Crippen molar-refractivity contribution in [2.45, 2.75) is 6.42 Å². The van der Waals surface area contributed by atoms with Crippen LogP contribution >= 0.6 is 0 Å². The molecule has 0 amide bonds. The quantitative estimate of drug-likeness (QED) is 0.863. The number of rotatable bonds is 5. The number of nitrogens with two attached hydrogens (primary N) is 1. The third kappa shape index (κ3) is 3.42. The standard InChI is InChI=1S/C12H15F2NO2/c1-16-10-4-3-8(11(6-10)17-2)5-9(7-15)12(13)14/h3-4,6H,5,7,15H2,1-2H3. The molecule has 0 aliphatic heterocycles. The van der Waals surface area contributed by atoms with E-state index < -0.39 is 6.08 Å². The van der Waals surface area contributed by atoms with Gasteiger partial charge in [-0.15, -0.1) is 0 Å². The summed E-state index contributed by atoms with van der Waals surface area (Å²) in [6.45, 7) is -0.169. The molecule has 0 aliphatic rings. The van der Waals surface area contributed by atoms with Gasteiger partial charge in [-0.05, 0) is 11.6 Å². The molecule has 3 nitrogen and oxygen atoms in total. The average Bonchev–Trinajstić information content (AvgIpc) is 2.35. The van der Waals surface area contributed by atoms with Crippen LogP contribution in [0.4, 0.5) is 8.78 Å². The van der Waals surface area contributed by atoms with Crippen molar-refractivity contribution >= 4 is 0 Å². The zero-order valence-electron chi connectivity index (χ0n) is 9.80. The van der Waals surface area contributed by atoms with Crippen molar-refractivity contribution in [2.24, 2.45) is 5.73 Å². The van der Waals surface area contributed by atoms with Gasteiger partial charge < -0.3 is 15.2 Å². The summed E-state index contributed by atoms with van der Waals surface area (Å²) in [5.41, 5.74) is 5.83.